The maximum Gasteiger partial charge on any atom is 0.257 e. The van der Waals surface area contributed by atoms with Gasteiger partial charge in [-0.1, -0.05) is 11.6 Å². The van der Waals surface area contributed by atoms with E-state index in [1.54, 1.807) is 4.90 Å². The minimum atomic E-state index is -0.775. The zero-order valence-corrected chi connectivity index (χ0v) is 11.8. The zero-order chi connectivity index (χ0) is 14.4. The van der Waals surface area contributed by atoms with Crippen molar-refractivity contribution in [3.63, 3.8) is 0 Å². The zero-order valence-electron chi connectivity index (χ0n) is 11.0. The van der Waals surface area contributed by atoms with Crippen LogP contribution >= 0.6 is 11.6 Å². The molecule has 1 aromatic carbocycles. The number of likely N-dealkylation sites (tertiary alicyclic amines) is 1. The van der Waals surface area contributed by atoms with E-state index in [0.29, 0.717) is 12.5 Å². The van der Waals surface area contributed by atoms with Crippen LogP contribution in [0.25, 0.3) is 0 Å². The summed E-state index contributed by atoms with van der Waals surface area (Å²) in [6.07, 6.45) is 0.890. The molecular weight excluding hydrogens is 286 g/mol. The second-order valence-corrected chi connectivity index (χ2v) is 5.94. The number of nitrogens with one attached hydrogen (secondary N) is 1. The Balaban J connectivity index is 1.94. The van der Waals surface area contributed by atoms with E-state index in [-0.39, 0.29) is 22.7 Å². The van der Waals surface area contributed by atoms with Crippen molar-refractivity contribution < 1.29 is 13.6 Å². The molecule has 0 aromatic heterocycles. The molecule has 2 saturated heterocycles. The van der Waals surface area contributed by atoms with E-state index in [9.17, 15) is 13.6 Å². The predicted molar refractivity (Wildman–Crippen MR) is 71.8 cm³/mol. The average Bonchev–Trinajstić information content (AvgIpc) is 2.92. The van der Waals surface area contributed by atoms with Crippen molar-refractivity contribution in [2.24, 2.45) is 5.92 Å². The summed E-state index contributed by atoms with van der Waals surface area (Å²) in [4.78, 5) is 14.2. The summed E-state index contributed by atoms with van der Waals surface area (Å²) >= 11 is 5.52. The number of carbonyl (C=O) groups excluding carboxylic acids is 1. The van der Waals surface area contributed by atoms with E-state index in [0.717, 1.165) is 25.1 Å². The highest BCUT2D eigenvalue weighted by molar-refractivity contribution is 6.30. The van der Waals surface area contributed by atoms with Crippen LogP contribution in [-0.4, -0.2) is 36.0 Å². The molecule has 3 rings (SSSR count). The fourth-order valence-electron chi connectivity index (χ4n) is 3.34. The molecule has 1 aromatic rings. The Kier molecular flexibility index (Phi) is 3.42. The normalized spacial score (nSPS) is 28.8. The Bertz CT molecular complexity index is 566. The number of rotatable bonds is 1. The van der Waals surface area contributed by atoms with E-state index >= 15 is 0 Å². The third-order valence-electron chi connectivity index (χ3n) is 4.26. The highest BCUT2D eigenvalue weighted by Crippen LogP contribution is 2.34. The molecule has 6 heteroatoms. The third-order valence-corrected chi connectivity index (χ3v) is 4.54. The van der Waals surface area contributed by atoms with Gasteiger partial charge in [0, 0.05) is 25.2 Å². The molecule has 0 saturated carbocycles. The first kappa shape index (κ1) is 13.8. The van der Waals surface area contributed by atoms with E-state index in [1.165, 1.54) is 0 Å². The summed E-state index contributed by atoms with van der Waals surface area (Å²) in [7, 11) is 0. The minimum absolute atomic E-state index is 0.0396. The monoisotopic (exact) mass is 300 g/mol. The lowest BCUT2D eigenvalue weighted by Gasteiger charge is -2.28. The molecular formula is C14H15ClF2N2O. The predicted octanol–water partition coefficient (Wildman–Crippen LogP) is 2.44. The van der Waals surface area contributed by atoms with Crippen LogP contribution in [0, 0.1) is 17.6 Å². The van der Waals surface area contributed by atoms with Crippen LogP contribution in [0.15, 0.2) is 12.1 Å². The van der Waals surface area contributed by atoms with E-state index < -0.39 is 17.5 Å². The van der Waals surface area contributed by atoms with Gasteiger partial charge in [0.1, 0.15) is 11.6 Å². The molecule has 3 unspecified atom stereocenters. The number of fused-ring (bicyclic) bond motifs is 1. The fourth-order valence-corrected chi connectivity index (χ4v) is 3.49. The van der Waals surface area contributed by atoms with Gasteiger partial charge in [0.2, 0.25) is 0 Å². The number of nitrogens with zero attached hydrogens (tertiary/aromatic N) is 1. The third kappa shape index (κ3) is 2.09. The second kappa shape index (κ2) is 4.97. The lowest BCUT2D eigenvalue weighted by Crippen LogP contribution is -2.43. The maximum atomic E-state index is 13.9. The van der Waals surface area contributed by atoms with Crippen molar-refractivity contribution in [2.75, 3.05) is 13.1 Å². The summed E-state index contributed by atoms with van der Waals surface area (Å²) in [6, 6.07) is 1.85. The van der Waals surface area contributed by atoms with Gasteiger partial charge in [-0.05, 0) is 31.4 Å². The first-order valence-corrected chi connectivity index (χ1v) is 7.04. The molecule has 0 bridgehead atoms. The molecule has 0 spiro atoms. The first-order valence-electron chi connectivity index (χ1n) is 6.67. The number of hydrogen-bond donors (Lipinski definition) is 1. The number of amides is 1. The van der Waals surface area contributed by atoms with Crippen LogP contribution < -0.4 is 5.32 Å². The van der Waals surface area contributed by atoms with Crippen LogP contribution in [0.2, 0.25) is 5.02 Å². The Morgan fingerprint density at radius 2 is 2.10 bits per heavy atom. The van der Waals surface area contributed by atoms with Crippen LogP contribution in [-0.2, 0) is 0 Å². The second-order valence-electron chi connectivity index (χ2n) is 5.53. The Hall–Kier alpha value is -1.20. The van der Waals surface area contributed by atoms with Crippen LogP contribution in [0.3, 0.4) is 0 Å². The fraction of sp³-hybridized carbons (Fsp3) is 0.500. The lowest BCUT2D eigenvalue weighted by molar-refractivity contribution is 0.0677. The van der Waals surface area contributed by atoms with Gasteiger partial charge >= 0.3 is 0 Å². The first-order chi connectivity index (χ1) is 9.49. The molecule has 0 radical (unpaired) electrons. The van der Waals surface area contributed by atoms with Crippen molar-refractivity contribution in [3.8, 4) is 0 Å². The quantitative estimate of drug-likeness (QED) is 0.808. The number of halogens is 3. The lowest BCUT2D eigenvalue weighted by atomic mass is 10.0. The Labute approximate surface area is 120 Å². The van der Waals surface area contributed by atoms with E-state index in [1.807, 2.05) is 6.92 Å². The number of hydrogen-bond acceptors (Lipinski definition) is 2. The maximum absolute atomic E-state index is 13.9. The summed E-state index contributed by atoms with van der Waals surface area (Å²) in [6.45, 7) is 3.52. The molecule has 2 heterocycles. The summed E-state index contributed by atoms with van der Waals surface area (Å²) < 4.78 is 27.4. The Morgan fingerprint density at radius 3 is 2.85 bits per heavy atom. The van der Waals surface area contributed by atoms with Gasteiger partial charge in [0.15, 0.2) is 0 Å². The Morgan fingerprint density at radius 1 is 1.35 bits per heavy atom. The molecule has 2 fully saturated rings. The smallest absolute Gasteiger partial charge is 0.257 e. The van der Waals surface area contributed by atoms with Crippen molar-refractivity contribution in [1.82, 2.24) is 10.2 Å². The number of benzene rings is 1. The topological polar surface area (TPSA) is 32.3 Å². The largest absolute Gasteiger partial charge is 0.331 e. The molecule has 3 atom stereocenters. The highest BCUT2D eigenvalue weighted by Gasteiger charge is 2.44. The van der Waals surface area contributed by atoms with Gasteiger partial charge in [0.05, 0.1) is 10.6 Å². The molecule has 1 amide bonds. The number of carbonyl (C=O) groups is 1. The van der Waals surface area contributed by atoms with Crippen LogP contribution in [0.4, 0.5) is 8.78 Å². The van der Waals surface area contributed by atoms with Crippen LogP contribution in [0.5, 0.6) is 0 Å². The standard InChI is InChI=1S/C14H15ClF2N2O/c1-7-2-8-5-18-6-13(8)19(7)14(20)9-3-12(17)10(15)4-11(9)16/h3-4,7-8,13,18H,2,5-6H2,1H3. The summed E-state index contributed by atoms with van der Waals surface area (Å²) in [5.41, 5.74) is -0.244. The molecule has 2 aliphatic rings. The molecule has 1 N–H and O–H groups in total. The van der Waals surface area contributed by atoms with Gasteiger partial charge < -0.3 is 10.2 Å². The van der Waals surface area contributed by atoms with Gasteiger partial charge in [-0.15, -0.1) is 0 Å². The van der Waals surface area contributed by atoms with Crippen molar-refractivity contribution >= 4 is 17.5 Å². The van der Waals surface area contributed by atoms with Crippen molar-refractivity contribution in [2.45, 2.75) is 25.4 Å². The summed E-state index contributed by atoms with van der Waals surface area (Å²) in [5, 5.41) is 2.92. The molecule has 20 heavy (non-hydrogen) atoms. The molecule has 0 aliphatic carbocycles. The average molecular weight is 301 g/mol. The summed E-state index contributed by atoms with van der Waals surface area (Å²) in [5.74, 6) is -1.61. The molecule has 108 valence electrons. The van der Waals surface area contributed by atoms with Crippen molar-refractivity contribution in [1.29, 1.82) is 0 Å². The molecule has 2 aliphatic heterocycles. The highest BCUT2D eigenvalue weighted by atomic mass is 35.5. The minimum Gasteiger partial charge on any atom is -0.331 e. The van der Waals surface area contributed by atoms with Crippen molar-refractivity contribution in [3.05, 3.63) is 34.4 Å². The van der Waals surface area contributed by atoms with Gasteiger partial charge in [0.25, 0.3) is 5.91 Å². The van der Waals surface area contributed by atoms with Gasteiger partial charge in [-0.3, -0.25) is 4.79 Å². The van der Waals surface area contributed by atoms with Gasteiger partial charge in [-0.25, -0.2) is 8.78 Å². The SMILES string of the molecule is CC1CC2CNCC2N1C(=O)c1cc(F)c(Cl)cc1F. The van der Waals surface area contributed by atoms with Crippen LogP contribution in [0.1, 0.15) is 23.7 Å². The van der Waals surface area contributed by atoms with Gasteiger partial charge in [-0.2, -0.15) is 0 Å². The molecule has 3 nitrogen and oxygen atoms in total. The van der Waals surface area contributed by atoms with E-state index in [4.69, 9.17) is 11.6 Å². The van der Waals surface area contributed by atoms with E-state index in [2.05, 4.69) is 5.32 Å².